The largest absolute Gasteiger partial charge is 0.452 e. The maximum Gasteiger partial charge on any atom is 0.338 e. The Labute approximate surface area is 170 Å². The Morgan fingerprint density at radius 1 is 0.967 bits per heavy atom. The van der Waals surface area contributed by atoms with E-state index in [1.807, 2.05) is 0 Å². The summed E-state index contributed by atoms with van der Waals surface area (Å²) >= 11 is 0. The molecule has 2 aromatic carbocycles. The average Bonchev–Trinajstić information content (AvgIpc) is 3.02. The van der Waals surface area contributed by atoms with Crippen molar-refractivity contribution in [2.45, 2.75) is 0 Å². The van der Waals surface area contributed by atoms with Gasteiger partial charge in [-0.15, -0.1) is 0 Å². The molecule has 2 aliphatic rings. The van der Waals surface area contributed by atoms with Crippen LogP contribution < -0.4 is 4.90 Å². The maximum atomic E-state index is 13.1. The SMILES string of the molecule is O=C(OCC(=O)N1CCOCC1)c1ccc2c(c1)C(=O)N(c1ccc(F)cc1)C2=O. The quantitative estimate of drug-likeness (QED) is 0.560. The molecular weight excluding hydrogens is 395 g/mol. The van der Waals surface area contributed by atoms with Gasteiger partial charge in [-0.05, 0) is 42.5 Å². The van der Waals surface area contributed by atoms with E-state index in [1.165, 1.54) is 30.3 Å². The molecule has 0 unspecified atom stereocenters. The number of imide groups is 1. The number of ether oxygens (including phenoxy) is 2. The zero-order valence-corrected chi connectivity index (χ0v) is 15.8. The lowest BCUT2D eigenvalue weighted by molar-refractivity contribution is -0.138. The molecule has 1 saturated heterocycles. The second kappa shape index (κ2) is 8.03. The van der Waals surface area contributed by atoms with Gasteiger partial charge in [-0.1, -0.05) is 0 Å². The van der Waals surface area contributed by atoms with E-state index in [-0.39, 0.29) is 28.3 Å². The van der Waals surface area contributed by atoms with E-state index in [0.717, 1.165) is 17.0 Å². The second-order valence-corrected chi connectivity index (χ2v) is 6.75. The highest BCUT2D eigenvalue weighted by Gasteiger charge is 2.37. The molecule has 2 aromatic rings. The molecule has 0 aliphatic carbocycles. The topological polar surface area (TPSA) is 93.2 Å². The molecule has 4 rings (SSSR count). The molecule has 0 aromatic heterocycles. The first-order valence-corrected chi connectivity index (χ1v) is 9.27. The van der Waals surface area contributed by atoms with Crippen molar-refractivity contribution >= 4 is 29.4 Å². The van der Waals surface area contributed by atoms with Crippen molar-refractivity contribution in [2.24, 2.45) is 0 Å². The summed E-state index contributed by atoms with van der Waals surface area (Å²) < 4.78 is 23.4. The van der Waals surface area contributed by atoms with Crippen LogP contribution in [0.4, 0.5) is 10.1 Å². The van der Waals surface area contributed by atoms with E-state index in [0.29, 0.717) is 26.3 Å². The van der Waals surface area contributed by atoms with Crippen molar-refractivity contribution in [1.29, 1.82) is 0 Å². The van der Waals surface area contributed by atoms with Crippen LogP contribution in [-0.4, -0.2) is 61.5 Å². The Balaban J connectivity index is 1.47. The van der Waals surface area contributed by atoms with Crippen LogP contribution in [0.2, 0.25) is 0 Å². The summed E-state index contributed by atoms with van der Waals surface area (Å²) in [6.45, 7) is 1.32. The van der Waals surface area contributed by atoms with Crippen LogP contribution in [0, 0.1) is 5.82 Å². The lowest BCUT2D eigenvalue weighted by Gasteiger charge is -2.26. The zero-order valence-electron chi connectivity index (χ0n) is 15.8. The fraction of sp³-hybridized carbons (Fsp3) is 0.238. The van der Waals surface area contributed by atoms with Gasteiger partial charge >= 0.3 is 5.97 Å². The third-order valence-corrected chi connectivity index (χ3v) is 4.90. The number of anilines is 1. The predicted octanol–water partition coefficient (Wildman–Crippen LogP) is 1.64. The normalized spacial score (nSPS) is 15.9. The van der Waals surface area contributed by atoms with Crippen LogP contribution in [0.1, 0.15) is 31.1 Å². The van der Waals surface area contributed by atoms with E-state index in [9.17, 15) is 23.6 Å². The van der Waals surface area contributed by atoms with Crippen molar-refractivity contribution in [1.82, 2.24) is 4.90 Å². The average molecular weight is 412 g/mol. The number of rotatable bonds is 4. The third kappa shape index (κ3) is 3.67. The molecule has 0 saturated carbocycles. The highest BCUT2D eigenvalue weighted by molar-refractivity contribution is 6.34. The number of hydrogen-bond acceptors (Lipinski definition) is 6. The van der Waals surface area contributed by atoms with Crippen molar-refractivity contribution in [3.8, 4) is 0 Å². The minimum Gasteiger partial charge on any atom is -0.452 e. The number of esters is 1. The monoisotopic (exact) mass is 412 g/mol. The van der Waals surface area contributed by atoms with Gasteiger partial charge in [0.25, 0.3) is 17.7 Å². The number of benzene rings is 2. The van der Waals surface area contributed by atoms with E-state index in [4.69, 9.17) is 9.47 Å². The minimum absolute atomic E-state index is 0.0401. The van der Waals surface area contributed by atoms with Crippen LogP contribution in [0.3, 0.4) is 0 Å². The number of carbonyl (C=O) groups is 4. The zero-order chi connectivity index (χ0) is 21.3. The van der Waals surface area contributed by atoms with Gasteiger partial charge < -0.3 is 14.4 Å². The number of amides is 3. The summed E-state index contributed by atoms with van der Waals surface area (Å²) in [7, 11) is 0. The summed E-state index contributed by atoms with van der Waals surface area (Å²) in [6.07, 6.45) is 0. The highest BCUT2D eigenvalue weighted by atomic mass is 19.1. The lowest BCUT2D eigenvalue weighted by Crippen LogP contribution is -2.42. The summed E-state index contributed by atoms with van der Waals surface area (Å²) in [6, 6.07) is 8.92. The highest BCUT2D eigenvalue weighted by Crippen LogP contribution is 2.29. The number of morpholine rings is 1. The van der Waals surface area contributed by atoms with Crippen LogP contribution in [0.25, 0.3) is 0 Å². The number of fused-ring (bicyclic) bond motifs is 1. The van der Waals surface area contributed by atoms with Crippen LogP contribution >= 0.6 is 0 Å². The van der Waals surface area contributed by atoms with Gasteiger partial charge in [0.2, 0.25) is 0 Å². The van der Waals surface area contributed by atoms with E-state index in [1.54, 1.807) is 4.90 Å². The number of hydrogen-bond donors (Lipinski definition) is 0. The van der Waals surface area contributed by atoms with Gasteiger partial charge in [-0.25, -0.2) is 14.1 Å². The van der Waals surface area contributed by atoms with E-state index in [2.05, 4.69) is 0 Å². The smallest absolute Gasteiger partial charge is 0.338 e. The molecule has 3 amide bonds. The second-order valence-electron chi connectivity index (χ2n) is 6.75. The fourth-order valence-electron chi connectivity index (χ4n) is 3.31. The first-order chi connectivity index (χ1) is 14.5. The molecule has 1 fully saturated rings. The lowest BCUT2D eigenvalue weighted by atomic mass is 10.1. The Bertz CT molecular complexity index is 1030. The van der Waals surface area contributed by atoms with Crippen molar-refractivity contribution in [3.05, 3.63) is 65.0 Å². The Hall–Kier alpha value is -3.59. The van der Waals surface area contributed by atoms with Crippen LogP contribution in [0.5, 0.6) is 0 Å². The number of carbonyl (C=O) groups excluding carboxylic acids is 4. The summed E-state index contributed by atoms with van der Waals surface area (Å²) in [5.74, 6) is -2.79. The Morgan fingerprint density at radius 2 is 1.63 bits per heavy atom. The van der Waals surface area contributed by atoms with Crippen molar-refractivity contribution in [3.63, 3.8) is 0 Å². The molecule has 9 heteroatoms. The van der Waals surface area contributed by atoms with Crippen molar-refractivity contribution in [2.75, 3.05) is 37.8 Å². The molecule has 2 aliphatic heterocycles. The molecule has 154 valence electrons. The summed E-state index contributed by atoms with van der Waals surface area (Å²) in [5.41, 5.74) is 0.442. The van der Waals surface area contributed by atoms with Crippen LogP contribution in [-0.2, 0) is 14.3 Å². The van der Waals surface area contributed by atoms with Gasteiger partial charge in [-0.2, -0.15) is 0 Å². The molecule has 2 heterocycles. The molecule has 30 heavy (non-hydrogen) atoms. The van der Waals surface area contributed by atoms with Crippen molar-refractivity contribution < 1.29 is 33.0 Å². The molecule has 0 radical (unpaired) electrons. The number of nitrogens with zero attached hydrogens (tertiary/aromatic N) is 2. The van der Waals surface area contributed by atoms with E-state index >= 15 is 0 Å². The van der Waals surface area contributed by atoms with Gasteiger partial charge in [0, 0.05) is 13.1 Å². The molecule has 0 N–H and O–H groups in total. The summed E-state index contributed by atoms with van der Waals surface area (Å²) in [5, 5.41) is 0. The summed E-state index contributed by atoms with van der Waals surface area (Å²) in [4.78, 5) is 52.2. The minimum atomic E-state index is -0.778. The Kier molecular flexibility index (Phi) is 5.28. The first-order valence-electron chi connectivity index (χ1n) is 9.27. The molecule has 0 atom stereocenters. The number of halogens is 1. The van der Waals surface area contributed by atoms with Gasteiger partial charge in [0.05, 0.1) is 35.6 Å². The molecule has 0 bridgehead atoms. The fourth-order valence-corrected chi connectivity index (χ4v) is 3.31. The standard InChI is InChI=1S/C21H17FN2O6/c22-14-2-4-15(5-3-14)24-19(26)16-6-1-13(11-17(16)20(24)27)21(28)30-12-18(25)23-7-9-29-10-8-23/h1-6,11H,7-10,12H2. The Morgan fingerprint density at radius 3 is 2.33 bits per heavy atom. The molecule has 8 nitrogen and oxygen atoms in total. The van der Waals surface area contributed by atoms with Crippen LogP contribution in [0.15, 0.2) is 42.5 Å². The van der Waals surface area contributed by atoms with Gasteiger partial charge in [0.15, 0.2) is 6.61 Å². The molecular formula is C21H17FN2O6. The maximum absolute atomic E-state index is 13.1. The van der Waals surface area contributed by atoms with E-state index < -0.39 is 30.2 Å². The van der Waals surface area contributed by atoms with Gasteiger partial charge in [0.1, 0.15) is 5.82 Å². The third-order valence-electron chi connectivity index (χ3n) is 4.90. The predicted molar refractivity (Wildman–Crippen MR) is 102 cm³/mol. The van der Waals surface area contributed by atoms with Gasteiger partial charge in [-0.3, -0.25) is 14.4 Å². The molecule has 0 spiro atoms. The first kappa shape index (κ1) is 19.7.